The number of nitrogens with one attached hydrogen (secondary N) is 2. The van der Waals surface area contributed by atoms with Crippen molar-refractivity contribution in [3.05, 3.63) is 35.0 Å². The lowest BCUT2D eigenvalue weighted by Crippen LogP contribution is -2.45. The van der Waals surface area contributed by atoms with Gasteiger partial charge in [-0.05, 0) is 50.7 Å². The van der Waals surface area contributed by atoms with Crippen LogP contribution in [0, 0.1) is 0 Å². The van der Waals surface area contributed by atoms with E-state index in [9.17, 15) is 4.79 Å². The van der Waals surface area contributed by atoms with Crippen molar-refractivity contribution in [2.75, 3.05) is 33.5 Å². The maximum atomic E-state index is 12.6. The first-order valence-electron chi connectivity index (χ1n) is 8.85. The lowest BCUT2D eigenvalue weighted by Gasteiger charge is -2.30. The Kier molecular flexibility index (Phi) is 7.87. The normalized spacial score (nSPS) is 16.4. The number of methoxy groups -OCH3 is 1. The van der Waals surface area contributed by atoms with Gasteiger partial charge in [-0.1, -0.05) is 6.07 Å². The molecule has 0 radical (unpaired) electrons. The van der Waals surface area contributed by atoms with Crippen LogP contribution in [0.25, 0.3) is 0 Å². The first-order valence-corrected chi connectivity index (χ1v) is 9.26. The largest absolute Gasteiger partial charge is 0.490 e. The fourth-order valence-corrected chi connectivity index (χ4v) is 3.03. The molecule has 8 heteroatoms. The Hall–Kier alpha value is -2.32. The molecule has 1 heterocycles. The standard InChI is InChI=1S/C19H26N2O5S/c1-5-24-14-8-7-13(11-15(14)25-6-2)17-16(12(3)20-19(27)21-17)18(22)26-10-9-23-4/h7-8,11,17H,5-6,9-10H2,1-4H3,(H2,20,21,27)/t17-/m0/s1. The van der Waals surface area contributed by atoms with Crippen molar-refractivity contribution in [1.29, 1.82) is 0 Å². The van der Waals surface area contributed by atoms with Crippen LogP contribution in [0.4, 0.5) is 0 Å². The molecule has 0 aromatic heterocycles. The summed E-state index contributed by atoms with van der Waals surface area (Å²) in [4.78, 5) is 12.6. The summed E-state index contributed by atoms with van der Waals surface area (Å²) in [5.41, 5.74) is 1.94. The average Bonchev–Trinajstić information content (AvgIpc) is 2.63. The minimum atomic E-state index is -0.455. The maximum absolute atomic E-state index is 12.6. The molecule has 1 aromatic rings. The minimum Gasteiger partial charge on any atom is -0.490 e. The Morgan fingerprint density at radius 2 is 1.85 bits per heavy atom. The van der Waals surface area contributed by atoms with E-state index < -0.39 is 12.0 Å². The van der Waals surface area contributed by atoms with E-state index in [0.717, 1.165) is 5.56 Å². The van der Waals surface area contributed by atoms with E-state index in [0.29, 0.717) is 47.7 Å². The van der Waals surface area contributed by atoms with Crippen LogP contribution in [0.3, 0.4) is 0 Å². The summed E-state index contributed by atoms with van der Waals surface area (Å²) >= 11 is 5.27. The zero-order valence-electron chi connectivity index (χ0n) is 16.1. The highest BCUT2D eigenvalue weighted by atomic mass is 32.1. The highest BCUT2D eigenvalue weighted by Gasteiger charge is 2.31. The predicted molar refractivity (Wildman–Crippen MR) is 106 cm³/mol. The van der Waals surface area contributed by atoms with Gasteiger partial charge in [-0.25, -0.2) is 4.79 Å². The molecule has 0 saturated carbocycles. The van der Waals surface area contributed by atoms with E-state index in [-0.39, 0.29) is 6.61 Å². The molecular weight excluding hydrogens is 368 g/mol. The third kappa shape index (κ3) is 5.33. The molecule has 7 nitrogen and oxygen atoms in total. The van der Waals surface area contributed by atoms with Crippen molar-refractivity contribution in [2.45, 2.75) is 26.8 Å². The Balaban J connectivity index is 2.37. The lowest BCUT2D eigenvalue weighted by molar-refractivity contribution is -0.140. The van der Waals surface area contributed by atoms with Crippen molar-refractivity contribution in [3.63, 3.8) is 0 Å². The van der Waals surface area contributed by atoms with Gasteiger partial charge >= 0.3 is 5.97 Å². The molecule has 0 spiro atoms. The van der Waals surface area contributed by atoms with Gasteiger partial charge < -0.3 is 29.6 Å². The molecule has 0 aliphatic carbocycles. The van der Waals surface area contributed by atoms with Gasteiger partial charge in [0.25, 0.3) is 0 Å². The zero-order valence-corrected chi connectivity index (χ0v) is 16.9. The molecule has 0 amide bonds. The van der Waals surface area contributed by atoms with Crippen molar-refractivity contribution >= 4 is 23.3 Å². The van der Waals surface area contributed by atoms with Gasteiger partial charge in [0.1, 0.15) is 6.61 Å². The summed E-state index contributed by atoms with van der Waals surface area (Å²) < 4.78 is 21.6. The van der Waals surface area contributed by atoms with Crippen molar-refractivity contribution in [3.8, 4) is 11.5 Å². The van der Waals surface area contributed by atoms with Crippen LogP contribution >= 0.6 is 12.2 Å². The molecule has 0 saturated heterocycles. The number of hydrogen-bond donors (Lipinski definition) is 2. The number of carbonyl (C=O) groups is 1. The predicted octanol–water partition coefficient (Wildman–Crippen LogP) is 2.47. The second-order valence-corrected chi connectivity index (χ2v) is 6.18. The summed E-state index contributed by atoms with van der Waals surface area (Å²) in [5.74, 6) is 0.848. The monoisotopic (exact) mass is 394 g/mol. The topological polar surface area (TPSA) is 78.1 Å². The first-order chi connectivity index (χ1) is 13.0. The Labute approximate surface area is 165 Å². The fraction of sp³-hybridized carbons (Fsp3) is 0.474. The van der Waals surface area contributed by atoms with Crippen LogP contribution in [0.5, 0.6) is 11.5 Å². The Morgan fingerprint density at radius 1 is 1.15 bits per heavy atom. The number of esters is 1. The second-order valence-electron chi connectivity index (χ2n) is 5.77. The van der Waals surface area contributed by atoms with Gasteiger partial charge in [0.15, 0.2) is 16.6 Å². The number of hydrogen-bond acceptors (Lipinski definition) is 6. The Morgan fingerprint density at radius 3 is 2.52 bits per heavy atom. The molecule has 1 aromatic carbocycles. The number of thiocarbonyl (C=S) groups is 1. The minimum absolute atomic E-state index is 0.177. The van der Waals surface area contributed by atoms with Crippen LogP contribution < -0.4 is 20.1 Å². The van der Waals surface area contributed by atoms with Gasteiger partial charge in [0.05, 0.1) is 31.4 Å². The third-order valence-electron chi connectivity index (χ3n) is 3.91. The molecule has 27 heavy (non-hydrogen) atoms. The third-order valence-corrected chi connectivity index (χ3v) is 4.13. The van der Waals surface area contributed by atoms with Crippen LogP contribution in [-0.2, 0) is 14.3 Å². The average molecular weight is 394 g/mol. The highest BCUT2D eigenvalue weighted by Crippen LogP contribution is 2.34. The quantitative estimate of drug-likeness (QED) is 0.376. The zero-order chi connectivity index (χ0) is 19.8. The smallest absolute Gasteiger partial charge is 0.338 e. The van der Waals surface area contributed by atoms with E-state index >= 15 is 0 Å². The van der Waals surface area contributed by atoms with Crippen molar-refractivity contribution in [2.24, 2.45) is 0 Å². The van der Waals surface area contributed by atoms with Gasteiger partial charge in [0, 0.05) is 12.8 Å². The summed E-state index contributed by atoms with van der Waals surface area (Å²) in [6, 6.07) is 5.12. The molecular formula is C19H26N2O5S. The molecule has 2 rings (SSSR count). The summed E-state index contributed by atoms with van der Waals surface area (Å²) in [6.07, 6.45) is 0. The molecule has 0 unspecified atom stereocenters. The SMILES string of the molecule is CCOc1ccc([C@@H]2NC(=S)NC(C)=C2C(=O)OCCOC)cc1OCC. The highest BCUT2D eigenvalue weighted by molar-refractivity contribution is 7.80. The Bertz CT molecular complexity index is 720. The molecule has 1 aliphatic rings. The summed E-state index contributed by atoms with van der Waals surface area (Å²) in [6.45, 7) is 7.16. The van der Waals surface area contributed by atoms with Gasteiger partial charge in [-0.2, -0.15) is 0 Å². The number of benzene rings is 1. The number of rotatable bonds is 9. The molecule has 1 aliphatic heterocycles. The first kappa shape index (κ1) is 21.0. The molecule has 1 atom stereocenters. The van der Waals surface area contributed by atoms with E-state index in [2.05, 4.69) is 10.6 Å². The number of allylic oxidation sites excluding steroid dienone is 1. The van der Waals surface area contributed by atoms with Crippen molar-refractivity contribution in [1.82, 2.24) is 10.6 Å². The van der Waals surface area contributed by atoms with Crippen LogP contribution in [0.1, 0.15) is 32.4 Å². The van der Waals surface area contributed by atoms with Crippen LogP contribution in [-0.4, -0.2) is 44.6 Å². The number of ether oxygens (including phenoxy) is 4. The second kappa shape index (κ2) is 10.1. The van der Waals surface area contributed by atoms with Crippen LogP contribution in [0.15, 0.2) is 29.5 Å². The van der Waals surface area contributed by atoms with E-state index in [1.807, 2.05) is 32.0 Å². The number of carbonyl (C=O) groups excluding carboxylic acids is 1. The summed E-state index contributed by atoms with van der Waals surface area (Å²) in [5, 5.41) is 6.57. The van der Waals surface area contributed by atoms with Gasteiger partial charge in [0.2, 0.25) is 0 Å². The van der Waals surface area contributed by atoms with E-state index in [1.165, 1.54) is 0 Å². The van der Waals surface area contributed by atoms with Gasteiger partial charge in [-0.15, -0.1) is 0 Å². The molecule has 148 valence electrons. The summed E-state index contributed by atoms with van der Waals surface area (Å²) in [7, 11) is 1.55. The molecule has 0 bridgehead atoms. The molecule has 0 fully saturated rings. The van der Waals surface area contributed by atoms with Crippen LogP contribution in [0.2, 0.25) is 0 Å². The lowest BCUT2D eigenvalue weighted by atomic mass is 9.95. The van der Waals surface area contributed by atoms with E-state index in [1.54, 1.807) is 14.0 Å². The molecule has 2 N–H and O–H groups in total. The van der Waals surface area contributed by atoms with Crippen molar-refractivity contribution < 1.29 is 23.7 Å². The van der Waals surface area contributed by atoms with Gasteiger partial charge in [-0.3, -0.25) is 0 Å². The maximum Gasteiger partial charge on any atom is 0.338 e. The van der Waals surface area contributed by atoms with E-state index in [4.69, 9.17) is 31.2 Å². The fourth-order valence-electron chi connectivity index (χ4n) is 2.76.